The lowest BCUT2D eigenvalue weighted by molar-refractivity contribution is 0.919. The number of nitrogens with one attached hydrogen (secondary N) is 1. The van der Waals surface area contributed by atoms with Crippen molar-refractivity contribution in [2.24, 2.45) is 0 Å². The van der Waals surface area contributed by atoms with E-state index in [9.17, 15) is 4.79 Å². The summed E-state index contributed by atoms with van der Waals surface area (Å²) in [6.45, 7) is 2.03. The first kappa shape index (κ1) is 14.2. The lowest BCUT2D eigenvalue weighted by Gasteiger charge is -2.01. The van der Waals surface area contributed by atoms with Crippen LogP contribution in [0.5, 0.6) is 0 Å². The zero-order valence-corrected chi connectivity index (χ0v) is 13.6. The van der Waals surface area contributed by atoms with Crippen molar-refractivity contribution in [3.05, 3.63) is 63.4 Å². The molecule has 0 fully saturated rings. The quantitative estimate of drug-likeness (QED) is 0.598. The summed E-state index contributed by atoms with van der Waals surface area (Å²) in [6, 6.07) is 13.0. The molecule has 0 radical (unpaired) electrons. The highest BCUT2D eigenvalue weighted by Gasteiger charge is 2.11. The van der Waals surface area contributed by atoms with Gasteiger partial charge in [-0.25, -0.2) is 4.98 Å². The summed E-state index contributed by atoms with van der Waals surface area (Å²) in [5, 5.41) is 9.18. The fourth-order valence-electron chi connectivity index (χ4n) is 2.29. The molecule has 0 bridgehead atoms. The van der Waals surface area contributed by atoms with Crippen molar-refractivity contribution in [1.82, 2.24) is 14.6 Å². The predicted octanol–water partition coefficient (Wildman–Crippen LogP) is 4.01. The van der Waals surface area contributed by atoms with Crippen LogP contribution in [0.3, 0.4) is 0 Å². The highest BCUT2D eigenvalue weighted by Crippen LogP contribution is 2.23. The molecular weight excluding hydrogens is 332 g/mol. The number of benzene rings is 2. The maximum Gasteiger partial charge on any atom is 0.283 e. The van der Waals surface area contributed by atoms with Crippen LogP contribution in [0.2, 0.25) is 5.02 Å². The first-order valence-corrected chi connectivity index (χ1v) is 8.12. The number of aryl methyl sites for hydroxylation is 1. The van der Waals surface area contributed by atoms with E-state index in [2.05, 4.69) is 15.4 Å². The third-order valence-corrected chi connectivity index (χ3v) is 4.52. The molecule has 0 aliphatic heterocycles. The molecule has 2 aromatic carbocycles. The Morgan fingerprint density at radius 3 is 2.74 bits per heavy atom. The zero-order chi connectivity index (χ0) is 16.0. The highest BCUT2D eigenvalue weighted by molar-refractivity contribution is 7.20. The van der Waals surface area contributed by atoms with E-state index in [4.69, 9.17) is 11.6 Å². The van der Waals surface area contributed by atoms with Crippen molar-refractivity contribution in [2.75, 3.05) is 5.32 Å². The smallest absolute Gasteiger partial charge is 0.283 e. The summed E-state index contributed by atoms with van der Waals surface area (Å²) in [6.07, 6.45) is 0. The molecular formula is C16H11ClN4OS. The third kappa shape index (κ3) is 2.56. The number of nitrogens with zero attached hydrogens (tertiary/aromatic N) is 3. The van der Waals surface area contributed by atoms with Gasteiger partial charge in [0.2, 0.25) is 10.1 Å². The van der Waals surface area contributed by atoms with Gasteiger partial charge in [0, 0.05) is 10.7 Å². The number of fused-ring (bicyclic) bond motifs is 2. The first-order valence-electron chi connectivity index (χ1n) is 6.93. The van der Waals surface area contributed by atoms with Gasteiger partial charge in [-0.2, -0.15) is 4.52 Å². The molecule has 0 aliphatic carbocycles. The van der Waals surface area contributed by atoms with E-state index in [1.807, 2.05) is 31.2 Å². The highest BCUT2D eigenvalue weighted by atomic mass is 35.5. The molecule has 1 N–H and O–H groups in total. The molecule has 114 valence electrons. The van der Waals surface area contributed by atoms with Gasteiger partial charge >= 0.3 is 0 Å². The van der Waals surface area contributed by atoms with Crippen molar-refractivity contribution in [2.45, 2.75) is 6.92 Å². The maximum atomic E-state index is 12.5. The van der Waals surface area contributed by atoms with Gasteiger partial charge in [0.05, 0.1) is 10.9 Å². The largest absolute Gasteiger partial charge is 0.330 e. The average molecular weight is 343 g/mol. The topological polar surface area (TPSA) is 59.3 Å². The number of halogens is 1. The Morgan fingerprint density at radius 2 is 1.96 bits per heavy atom. The third-order valence-electron chi connectivity index (χ3n) is 3.46. The summed E-state index contributed by atoms with van der Waals surface area (Å²) < 4.78 is 1.32. The summed E-state index contributed by atoms with van der Waals surface area (Å²) in [4.78, 5) is 17.5. The van der Waals surface area contributed by atoms with Crippen LogP contribution in [0, 0.1) is 6.92 Å². The van der Waals surface area contributed by atoms with Crippen LogP contribution in [0.15, 0.2) is 47.3 Å². The van der Waals surface area contributed by atoms with E-state index in [1.165, 1.54) is 21.4 Å². The standard InChI is InChI=1S/C16H11ClN4OS/c1-9-2-5-11(6-3-9)18-15-20-21-14(22)12-7-4-10(17)8-13(12)19-16(21)23-15/h2-8H,1H3,(H,18,20). The number of aromatic nitrogens is 3. The summed E-state index contributed by atoms with van der Waals surface area (Å²) in [5.41, 5.74) is 2.47. The molecule has 0 saturated carbocycles. The first-order chi connectivity index (χ1) is 11.1. The van der Waals surface area contributed by atoms with Gasteiger partial charge in [0.1, 0.15) is 0 Å². The van der Waals surface area contributed by atoms with E-state index in [0.29, 0.717) is 26.0 Å². The second-order valence-electron chi connectivity index (χ2n) is 5.17. The van der Waals surface area contributed by atoms with E-state index >= 15 is 0 Å². The molecule has 0 atom stereocenters. The van der Waals surface area contributed by atoms with Crippen LogP contribution < -0.4 is 10.9 Å². The minimum absolute atomic E-state index is 0.199. The lowest BCUT2D eigenvalue weighted by atomic mass is 10.2. The molecule has 7 heteroatoms. The Morgan fingerprint density at radius 1 is 1.17 bits per heavy atom. The Labute approximate surface area is 140 Å². The van der Waals surface area contributed by atoms with Crippen LogP contribution in [-0.4, -0.2) is 14.6 Å². The van der Waals surface area contributed by atoms with Crippen molar-refractivity contribution in [3.8, 4) is 0 Å². The molecule has 0 unspecified atom stereocenters. The normalized spacial score (nSPS) is 11.2. The molecule has 0 spiro atoms. The molecule has 0 amide bonds. The molecule has 4 aromatic rings. The van der Waals surface area contributed by atoms with Gasteiger partial charge in [-0.15, -0.1) is 5.10 Å². The molecule has 0 saturated heterocycles. The van der Waals surface area contributed by atoms with Gasteiger partial charge in [-0.05, 0) is 37.3 Å². The van der Waals surface area contributed by atoms with Crippen LogP contribution >= 0.6 is 22.9 Å². The summed E-state index contributed by atoms with van der Waals surface area (Å²) in [5.74, 6) is 0. The molecule has 23 heavy (non-hydrogen) atoms. The minimum atomic E-state index is -0.199. The SMILES string of the molecule is Cc1ccc(Nc2nn3c(=O)c4ccc(Cl)cc4nc3s2)cc1. The fourth-order valence-corrected chi connectivity index (χ4v) is 3.28. The monoisotopic (exact) mass is 342 g/mol. The molecule has 4 rings (SSSR count). The number of hydrogen-bond acceptors (Lipinski definition) is 5. The Balaban J connectivity index is 1.84. The predicted molar refractivity (Wildman–Crippen MR) is 94.1 cm³/mol. The number of anilines is 2. The van der Waals surface area contributed by atoms with E-state index in [1.54, 1.807) is 18.2 Å². The summed E-state index contributed by atoms with van der Waals surface area (Å²) in [7, 11) is 0. The van der Waals surface area contributed by atoms with Gasteiger partial charge in [-0.3, -0.25) is 4.79 Å². The average Bonchev–Trinajstić information content (AvgIpc) is 2.92. The van der Waals surface area contributed by atoms with Gasteiger partial charge in [0.25, 0.3) is 5.56 Å². The number of rotatable bonds is 2. The van der Waals surface area contributed by atoms with Crippen LogP contribution in [0.25, 0.3) is 15.9 Å². The minimum Gasteiger partial charge on any atom is -0.330 e. The summed E-state index contributed by atoms with van der Waals surface area (Å²) >= 11 is 7.29. The van der Waals surface area contributed by atoms with Gasteiger partial charge in [0.15, 0.2) is 0 Å². The van der Waals surface area contributed by atoms with Crippen LogP contribution in [0.4, 0.5) is 10.8 Å². The lowest BCUT2D eigenvalue weighted by Crippen LogP contribution is -2.15. The van der Waals surface area contributed by atoms with Gasteiger partial charge in [-0.1, -0.05) is 40.6 Å². The maximum absolute atomic E-state index is 12.5. The van der Waals surface area contributed by atoms with E-state index < -0.39 is 0 Å². The molecule has 2 heterocycles. The van der Waals surface area contributed by atoms with Crippen LogP contribution in [0.1, 0.15) is 5.56 Å². The Hall–Kier alpha value is -2.44. The van der Waals surface area contributed by atoms with Crippen LogP contribution in [-0.2, 0) is 0 Å². The van der Waals surface area contributed by atoms with Crippen molar-refractivity contribution < 1.29 is 0 Å². The second kappa shape index (κ2) is 5.33. The van der Waals surface area contributed by atoms with Crippen molar-refractivity contribution in [1.29, 1.82) is 0 Å². The fraction of sp³-hybridized carbons (Fsp3) is 0.0625. The molecule has 5 nitrogen and oxygen atoms in total. The second-order valence-corrected chi connectivity index (χ2v) is 6.56. The zero-order valence-electron chi connectivity index (χ0n) is 12.1. The van der Waals surface area contributed by atoms with E-state index in [-0.39, 0.29) is 5.56 Å². The van der Waals surface area contributed by atoms with Crippen molar-refractivity contribution in [3.63, 3.8) is 0 Å². The number of hydrogen-bond donors (Lipinski definition) is 1. The van der Waals surface area contributed by atoms with E-state index in [0.717, 1.165) is 5.69 Å². The van der Waals surface area contributed by atoms with Gasteiger partial charge < -0.3 is 5.32 Å². The van der Waals surface area contributed by atoms with Crippen molar-refractivity contribution >= 4 is 49.6 Å². The Kier molecular flexibility index (Phi) is 3.28. The Bertz CT molecular complexity index is 1090. The molecule has 0 aliphatic rings. The molecule has 2 aromatic heterocycles.